The molecule has 2 aliphatic heterocycles. The van der Waals surface area contributed by atoms with Gasteiger partial charge in [-0.05, 0) is 25.9 Å². The molecule has 0 aromatic carbocycles. The molecular weight excluding hydrogens is 419 g/mol. The zero-order valence-electron chi connectivity index (χ0n) is 16.9. The van der Waals surface area contributed by atoms with Gasteiger partial charge < -0.3 is 19.7 Å². The second kappa shape index (κ2) is 12.9. The predicted molar refractivity (Wildman–Crippen MR) is 120 cm³/mol. The molecule has 0 unspecified atom stereocenters. The van der Waals surface area contributed by atoms with Crippen molar-refractivity contribution in [3.05, 3.63) is 11.6 Å². The van der Waals surface area contributed by atoms with Gasteiger partial charge in [-0.2, -0.15) is 11.8 Å². The smallest absolute Gasteiger partial charge is 0.232 e. The second-order valence-corrected chi connectivity index (χ2v) is 8.14. The Labute approximate surface area is 185 Å². The minimum atomic E-state index is 0. The predicted octanol–water partition coefficient (Wildman–Crippen LogP) is 2.01. The summed E-state index contributed by atoms with van der Waals surface area (Å²) in [5.41, 5.74) is 0. The van der Waals surface area contributed by atoms with E-state index < -0.39 is 0 Å². The molecule has 0 bridgehead atoms. The van der Waals surface area contributed by atoms with E-state index in [1.54, 1.807) is 11.8 Å². The largest absolute Gasteiger partial charge is 0.342 e. The number of aromatic nitrogens is 3. The first-order valence-electron chi connectivity index (χ1n) is 9.93. The van der Waals surface area contributed by atoms with Gasteiger partial charge in [0.05, 0.1) is 12.3 Å². The number of halogens is 2. The number of hydrogen-bond acceptors (Lipinski definition) is 6. The first kappa shape index (κ1) is 25.5. The van der Waals surface area contributed by atoms with Crippen LogP contribution in [0.15, 0.2) is 0 Å². The minimum absolute atomic E-state index is 0. The van der Waals surface area contributed by atoms with Gasteiger partial charge in [0.1, 0.15) is 11.6 Å². The number of hydrogen-bond donors (Lipinski definition) is 1. The maximum Gasteiger partial charge on any atom is 0.232 e. The lowest BCUT2D eigenvalue weighted by atomic mass is 9.95. The molecular formula is C18H34Cl2N6OS. The third kappa shape index (κ3) is 6.49. The van der Waals surface area contributed by atoms with Crippen LogP contribution >= 0.6 is 36.6 Å². The Morgan fingerprint density at radius 3 is 2.57 bits per heavy atom. The molecule has 1 aromatic rings. The Hall–Kier alpha value is -0.540. The summed E-state index contributed by atoms with van der Waals surface area (Å²) in [6.45, 7) is 12.1. The summed E-state index contributed by atoms with van der Waals surface area (Å²) in [6, 6.07) is 0. The van der Waals surface area contributed by atoms with Gasteiger partial charge in [-0.3, -0.25) is 4.79 Å². The number of amides is 1. The minimum Gasteiger partial charge on any atom is -0.342 e. The van der Waals surface area contributed by atoms with Gasteiger partial charge in [0.2, 0.25) is 5.91 Å². The van der Waals surface area contributed by atoms with Crippen LogP contribution in [-0.2, 0) is 17.9 Å². The average Bonchev–Trinajstić information content (AvgIpc) is 3.12. The summed E-state index contributed by atoms with van der Waals surface area (Å²) in [4.78, 5) is 16.9. The number of carbonyl (C=O) groups is 1. The Balaban J connectivity index is 0.00000196. The van der Waals surface area contributed by atoms with Gasteiger partial charge in [-0.25, -0.2) is 0 Å². The van der Waals surface area contributed by atoms with Crippen molar-refractivity contribution in [2.75, 3.05) is 50.8 Å². The fourth-order valence-electron chi connectivity index (χ4n) is 3.79. The van der Waals surface area contributed by atoms with Gasteiger partial charge in [-0.15, -0.1) is 35.0 Å². The van der Waals surface area contributed by atoms with Crippen molar-refractivity contribution in [1.29, 1.82) is 0 Å². The van der Waals surface area contributed by atoms with E-state index in [4.69, 9.17) is 0 Å². The fraction of sp³-hybridized carbons (Fsp3) is 0.833. The Bertz CT molecular complexity index is 591. The van der Waals surface area contributed by atoms with E-state index >= 15 is 0 Å². The molecule has 1 aromatic heterocycles. The van der Waals surface area contributed by atoms with Gasteiger partial charge >= 0.3 is 0 Å². The van der Waals surface area contributed by atoms with Crippen LogP contribution in [-0.4, -0.2) is 81.2 Å². The van der Waals surface area contributed by atoms with Crippen LogP contribution in [0.2, 0.25) is 0 Å². The topological polar surface area (TPSA) is 66.3 Å². The number of carbonyl (C=O) groups excluding carboxylic acids is 1. The third-order valence-corrected chi connectivity index (χ3v) is 6.46. The summed E-state index contributed by atoms with van der Waals surface area (Å²) >= 11 is 1.76. The van der Waals surface area contributed by atoms with Crippen molar-refractivity contribution in [2.24, 2.45) is 0 Å². The lowest BCUT2D eigenvalue weighted by Crippen LogP contribution is -2.40. The van der Waals surface area contributed by atoms with Gasteiger partial charge in [0.15, 0.2) is 0 Å². The van der Waals surface area contributed by atoms with Crippen LogP contribution in [0.25, 0.3) is 0 Å². The van der Waals surface area contributed by atoms with Crippen LogP contribution in [0.1, 0.15) is 44.3 Å². The summed E-state index contributed by atoms with van der Waals surface area (Å²) < 4.78 is 2.28. The fourth-order valence-corrected chi connectivity index (χ4v) is 4.68. The normalized spacial score (nSPS) is 17.0. The van der Waals surface area contributed by atoms with Crippen LogP contribution in [0.3, 0.4) is 0 Å². The van der Waals surface area contributed by atoms with E-state index in [2.05, 4.69) is 38.8 Å². The molecule has 0 spiro atoms. The Morgan fingerprint density at radius 1 is 1.18 bits per heavy atom. The maximum absolute atomic E-state index is 12.5. The molecule has 2 aliphatic rings. The number of likely N-dealkylation sites (tertiary alicyclic amines) is 1. The number of fused-ring (bicyclic) bond motifs is 1. The monoisotopic (exact) mass is 452 g/mol. The lowest BCUT2D eigenvalue weighted by Gasteiger charge is -2.32. The quantitative estimate of drug-likeness (QED) is 0.608. The number of thioether (sulfide) groups is 1. The highest BCUT2D eigenvalue weighted by Gasteiger charge is 2.28. The molecule has 162 valence electrons. The molecule has 1 saturated heterocycles. The highest BCUT2D eigenvalue weighted by molar-refractivity contribution is 7.99. The maximum atomic E-state index is 12.5. The average molecular weight is 453 g/mol. The van der Waals surface area contributed by atoms with E-state index in [0.717, 1.165) is 82.6 Å². The second-order valence-electron chi connectivity index (χ2n) is 7.04. The highest BCUT2D eigenvalue weighted by Crippen LogP contribution is 2.28. The molecule has 0 atom stereocenters. The van der Waals surface area contributed by atoms with E-state index in [9.17, 15) is 4.79 Å². The number of nitrogens with one attached hydrogen (secondary N) is 1. The molecule has 10 heteroatoms. The molecule has 1 N–H and O–H groups in total. The zero-order valence-corrected chi connectivity index (χ0v) is 19.4. The third-order valence-electron chi connectivity index (χ3n) is 5.54. The first-order chi connectivity index (χ1) is 12.7. The summed E-state index contributed by atoms with van der Waals surface area (Å²) in [5.74, 6) is 4.55. The van der Waals surface area contributed by atoms with Crippen LogP contribution in [0.4, 0.5) is 0 Å². The zero-order chi connectivity index (χ0) is 18.4. The van der Waals surface area contributed by atoms with Crippen molar-refractivity contribution >= 4 is 42.5 Å². The summed E-state index contributed by atoms with van der Waals surface area (Å²) in [7, 11) is 0. The Morgan fingerprint density at radius 2 is 1.89 bits per heavy atom. The van der Waals surface area contributed by atoms with E-state index in [1.165, 1.54) is 0 Å². The lowest BCUT2D eigenvalue weighted by molar-refractivity contribution is -0.129. The van der Waals surface area contributed by atoms with Crippen LogP contribution in [0.5, 0.6) is 0 Å². The molecule has 3 heterocycles. The summed E-state index contributed by atoms with van der Waals surface area (Å²) in [6.07, 6.45) is 2.00. The molecule has 1 amide bonds. The van der Waals surface area contributed by atoms with E-state index in [-0.39, 0.29) is 24.8 Å². The van der Waals surface area contributed by atoms with Gasteiger partial charge in [0.25, 0.3) is 0 Å². The standard InChI is InChI=1S/C18H32N6OS.2ClH/c1-3-22(4-2)11-12-26-14-17(25)23-8-5-15(6-9-23)18-21-20-16-13-19-7-10-24(16)18;;/h15,19H,3-14H2,1-2H3;2*1H. The highest BCUT2D eigenvalue weighted by atomic mass is 35.5. The first-order valence-corrected chi connectivity index (χ1v) is 11.1. The Kier molecular flexibility index (Phi) is 11.7. The SMILES string of the molecule is CCN(CC)CCSCC(=O)N1CCC(c2nnc3n2CCNC3)CC1.Cl.Cl. The molecule has 1 fully saturated rings. The van der Waals surface area contributed by atoms with E-state index in [1.807, 2.05) is 4.90 Å². The number of piperidine rings is 1. The number of rotatable bonds is 8. The van der Waals surface area contributed by atoms with Gasteiger partial charge in [0, 0.05) is 44.4 Å². The van der Waals surface area contributed by atoms with Crippen molar-refractivity contribution in [3.8, 4) is 0 Å². The van der Waals surface area contributed by atoms with Crippen molar-refractivity contribution in [1.82, 2.24) is 29.9 Å². The van der Waals surface area contributed by atoms with Crippen LogP contribution in [0, 0.1) is 0 Å². The molecule has 0 aliphatic carbocycles. The molecule has 0 radical (unpaired) electrons. The van der Waals surface area contributed by atoms with Crippen LogP contribution < -0.4 is 5.32 Å². The molecule has 28 heavy (non-hydrogen) atoms. The van der Waals surface area contributed by atoms with Crippen molar-refractivity contribution < 1.29 is 4.79 Å². The van der Waals surface area contributed by atoms with Crippen molar-refractivity contribution in [3.63, 3.8) is 0 Å². The summed E-state index contributed by atoms with van der Waals surface area (Å²) in [5, 5.41) is 12.1. The molecule has 7 nitrogen and oxygen atoms in total. The number of nitrogens with zero attached hydrogens (tertiary/aromatic N) is 5. The van der Waals surface area contributed by atoms with Gasteiger partial charge in [-0.1, -0.05) is 13.8 Å². The molecule has 3 rings (SSSR count). The van der Waals surface area contributed by atoms with E-state index in [0.29, 0.717) is 17.6 Å². The molecule has 0 saturated carbocycles. The van der Waals surface area contributed by atoms with Crippen molar-refractivity contribution in [2.45, 2.75) is 45.7 Å².